The monoisotopic (exact) mass is 247 g/mol. The highest BCUT2D eigenvalue weighted by Crippen LogP contribution is 2.46. The fraction of sp³-hybridized carbons (Fsp3) is 0.625. The lowest BCUT2D eigenvalue weighted by molar-refractivity contribution is 0.188. The van der Waals surface area contributed by atoms with Crippen molar-refractivity contribution in [1.82, 2.24) is 0 Å². The van der Waals surface area contributed by atoms with Crippen molar-refractivity contribution in [3.63, 3.8) is 0 Å². The molecule has 100 valence electrons. The first-order valence-electron chi connectivity index (χ1n) is 7.11. The summed E-state index contributed by atoms with van der Waals surface area (Å²) in [4.78, 5) is 0. The molecule has 2 nitrogen and oxygen atoms in total. The molecule has 18 heavy (non-hydrogen) atoms. The van der Waals surface area contributed by atoms with Crippen LogP contribution in [0.25, 0.3) is 0 Å². The first-order valence-corrected chi connectivity index (χ1v) is 7.11. The summed E-state index contributed by atoms with van der Waals surface area (Å²) in [7, 11) is 0. The van der Waals surface area contributed by atoms with Crippen LogP contribution in [0.3, 0.4) is 0 Å². The SMILES string of the molecule is CCC(N)C1(CCO)CCC(C)c2ccccc21. The maximum atomic E-state index is 9.46. The van der Waals surface area contributed by atoms with E-state index in [9.17, 15) is 5.11 Å². The van der Waals surface area contributed by atoms with E-state index in [2.05, 4.69) is 38.1 Å². The molecule has 1 aromatic rings. The lowest BCUT2D eigenvalue weighted by atomic mass is 9.61. The van der Waals surface area contributed by atoms with Crippen LogP contribution in [0.15, 0.2) is 24.3 Å². The molecular formula is C16H25NO. The third kappa shape index (κ3) is 2.08. The lowest BCUT2D eigenvalue weighted by Crippen LogP contribution is -2.48. The van der Waals surface area contributed by atoms with Crippen molar-refractivity contribution in [2.24, 2.45) is 5.73 Å². The molecule has 0 spiro atoms. The van der Waals surface area contributed by atoms with E-state index in [0.29, 0.717) is 5.92 Å². The van der Waals surface area contributed by atoms with Gasteiger partial charge in [-0.25, -0.2) is 0 Å². The van der Waals surface area contributed by atoms with Gasteiger partial charge in [0.15, 0.2) is 0 Å². The molecule has 1 aliphatic rings. The molecule has 3 atom stereocenters. The number of rotatable bonds is 4. The van der Waals surface area contributed by atoms with Crippen LogP contribution < -0.4 is 5.73 Å². The summed E-state index contributed by atoms with van der Waals surface area (Å²) in [5.41, 5.74) is 9.21. The van der Waals surface area contributed by atoms with Gasteiger partial charge in [0.1, 0.15) is 0 Å². The minimum Gasteiger partial charge on any atom is -0.396 e. The zero-order chi connectivity index (χ0) is 13.2. The molecule has 0 bridgehead atoms. The molecule has 3 N–H and O–H groups in total. The van der Waals surface area contributed by atoms with Crippen LogP contribution in [-0.4, -0.2) is 17.8 Å². The summed E-state index contributed by atoms with van der Waals surface area (Å²) in [6.07, 6.45) is 4.01. The van der Waals surface area contributed by atoms with Crippen molar-refractivity contribution in [2.45, 2.75) is 56.9 Å². The highest BCUT2D eigenvalue weighted by molar-refractivity contribution is 5.40. The van der Waals surface area contributed by atoms with E-state index in [1.807, 2.05) is 0 Å². The maximum absolute atomic E-state index is 9.46. The zero-order valence-electron chi connectivity index (χ0n) is 11.5. The van der Waals surface area contributed by atoms with Crippen LogP contribution in [0.5, 0.6) is 0 Å². The molecule has 1 aromatic carbocycles. The van der Waals surface area contributed by atoms with E-state index >= 15 is 0 Å². The third-order valence-corrected chi connectivity index (χ3v) is 4.76. The molecule has 2 rings (SSSR count). The second-order valence-electron chi connectivity index (χ2n) is 5.67. The van der Waals surface area contributed by atoms with E-state index in [4.69, 9.17) is 5.73 Å². The topological polar surface area (TPSA) is 46.2 Å². The summed E-state index contributed by atoms with van der Waals surface area (Å²) < 4.78 is 0. The Bertz CT molecular complexity index is 404. The lowest BCUT2D eigenvalue weighted by Gasteiger charge is -2.45. The van der Waals surface area contributed by atoms with Crippen molar-refractivity contribution in [2.75, 3.05) is 6.61 Å². The Labute approximate surface area is 110 Å². The molecule has 0 radical (unpaired) electrons. The van der Waals surface area contributed by atoms with Gasteiger partial charge in [-0.2, -0.15) is 0 Å². The van der Waals surface area contributed by atoms with Gasteiger partial charge in [0.2, 0.25) is 0 Å². The Morgan fingerprint density at radius 2 is 2.17 bits per heavy atom. The summed E-state index contributed by atoms with van der Waals surface area (Å²) in [6.45, 7) is 4.65. The second kappa shape index (κ2) is 5.41. The highest BCUT2D eigenvalue weighted by atomic mass is 16.3. The molecule has 0 heterocycles. The van der Waals surface area contributed by atoms with Gasteiger partial charge in [-0.05, 0) is 42.7 Å². The van der Waals surface area contributed by atoms with Crippen LogP contribution in [0.4, 0.5) is 0 Å². The van der Waals surface area contributed by atoms with Crippen molar-refractivity contribution >= 4 is 0 Å². The predicted octanol–water partition coefficient (Wildman–Crippen LogP) is 2.94. The molecule has 0 saturated heterocycles. The van der Waals surface area contributed by atoms with E-state index in [1.54, 1.807) is 0 Å². The summed E-state index contributed by atoms with van der Waals surface area (Å²) in [6, 6.07) is 8.80. The standard InChI is InChI=1S/C16H25NO/c1-3-15(17)16(10-11-18)9-8-12(2)13-6-4-5-7-14(13)16/h4-7,12,15,18H,3,8-11,17H2,1-2H3. The fourth-order valence-corrected chi connectivity index (χ4v) is 3.56. The van der Waals surface area contributed by atoms with E-state index in [1.165, 1.54) is 17.5 Å². The Balaban J connectivity index is 2.51. The Morgan fingerprint density at radius 1 is 1.44 bits per heavy atom. The molecule has 0 amide bonds. The summed E-state index contributed by atoms with van der Waals surface area (Å²) in [5, 5.41) is 9.46. The average molecular weight is 247 g/mol. The minimum absolute atomic E-state index is 0.0212. The summed E-state index contributed by atoms with van der Waals surface area (Å²) >= 11 is 0. The zero-order valence-corrected chi connectivity index (χ0v) is 11.5. The first kappa shape index (κ1) is 13.6. The van der Waals surface area contributed by atoms with Crippen molar-refractivity contribution in [3.8, 4) is 0 Å². The molecule has 0 aromatic heterocycles. The van der Waals surface area contributed by atoms with Crippen molar-refractivity contribution < 1.29 is 5.11 Å². The van der Waals surface area contributed by atoms with Gasteiger partial charge in [-0.1, -0.05) is 38.1 Å². The number of benzene rings is 1. The van der Waals surface area contributed by atoms with Gasteiger partial charge in [0.25, 0.3) is 0 Å². The largest absolute Gasteiger partial charge is 0.396 e. The quantitative estimate of drug-likeness (QED) is 0.859. The molecule has 2 heteroatoms. The van der Waals surface area contributed by atoms with Crippen molar-refractivity contribution in [1.29, 1.82) is 0 Å². The first-order chi connectivity index (χ1) is 8.65. The molecule has 1 aliphatic carbocycles. The number of aliphatic hydroxyl groups excluding tert-OH is 1. The fourth-order valence-electron chi connectivity index (χ4n) is 3.56. The number of hydrogen-bond donors (Lipinski definition) is 2. The third-order valence-electron chi connectivity index (χ3n) is 4.76. The van der Waals surface area contributed by atoms with Crippen LogP contribution >= 0.6 is 0 Å². The van der Waals surface area contributed by atoms with Gasteiger partial charge < -0.3 is 10.8 Å². The van der Waals surface area contributed by atoms with E-state index < -0.39 is 0 Å². The Hall–Kier alpha value is -0.860. The van der Waals surface area contributed by atoms with Crippen molar-refractivity contribution in [3.05, 3.63) is 35.4 Å². The van der Waals surface area contributed by atoms with Gasteiger partial charge in [0, 0.05) is 18.1 Å². The number of nitrogens with two attached hydrogens (primary N) is 1. The van der Waals surface area contributed by atoms with Crippen LogP contribution in [-0.2, 0) is 5.41 Å². The van der Waals surface area contributed by atoms with Gasteiger partial charge in [-0.3, -0.25) is 0 Å². The number of aliphatic hydroxyl groups is 1. The number of hydrogen-bond acceptors (Lipinski definition) is 2. The smallest absolute Gasteiger partial charge is 0.0440 e. The Kier molecular flexibility index (Phi) is 4.08. The van der Waals surface area contributed by atoms with E-state index in [-0.39, 0.29) is 18.1 Å². The van der Waals surface area contributed by atoms with Gasteiger partial charge in [0.05, 0.1) is 0 Å². The average Bonchev–Trinajstić information content (AvgIpc) is 2.42. The summed E-state index contributed by atoms with van der Waals surface area (Å²) in [5.74, 6) is 0.608. The van der Waals surface area contributed by atoms with Gasteiger partial charge >= 0.3 is 0 Å². The molecule has 0 aliphatic heterocycles. The minimum atomic E-state index is -0.0212. The normalized spacial score (nSPS) is 28.8. The maximum Gasteiger partial charge on any atom is 0.0440 e. The number of fused-ring (bicyclic) bond motifs is 1. The molecule has 0 fully saturated rings. The Morgan fingerprint density at radius 3 is 2.83 bits per heavy atom. The van der Waals surface area contributed by atoms with Gasteiger partial charge in [-0.15, -0.1) is 0 Å². The van der Waals surface area contributed by atoms with Crippen LogP contribution in [0.1, 0.15) is 56.6 Å². The highest BCUT2D eigenvalue weighted by Gasteiger charge is 2.41. The molecule has 0 saturated carbocycles. The van der Waals surface area contributed by atoms with Crippen LogP contribution in [0, 0.1) is 0 Å². The van der Waals surface area contributed by atoms with E-state index in [0.717, 1.165) is 19.3 Å². The van der Waals surface area contributed by atoms with Crippen LogP contribution in [0.2, 0.25) is 0 Å². The predicted molar refractivity (Wildman–Crippen MR) is 75.7 cm³/mol. The second-order valence-corrected chi connectivity index (χ2v) is 5.67. The molecular weight excluding hydrogens is 222 g/mol. The molecule has 3 unspecified atom stereocenters.